The van der Waals surface area contributed by atoms with Crippen LogP contribution in [0.4, 0.5) is 0 Å². The average Bonchev–Trinajstić information content (AvgIpc) is 2.46. The fourth-order valence-corrected chi connectivity index (χ4v) is 1.22. The Labute approximate surface area is 63.4 Å². The Bertz CT molecular complexity index is 374. The highest BCUT2D eigenvalue weighted by molar-refractivity contribution is 5.76. The van der Waals surface area contributed by atoms with E-state index in [4.69, 9.17) is 10.2 Å². The van der Waals surface area contributed by atoms with Crippen molar-refractivity contribution in [3.63, 3.8) is 0 Å². The zero-order valence-electron chi connectivity index (χ0n) is 6.22. The van der Waals surface area contributed by atoms with Gasteiger partial charge >= 0.3 is 0 Å². The molecule has 0 aromatic carbocycles. The van der Waals surface area contributed by atoms with E-state index in [-0.39, 0.29) is 0 Å². The zero-order valence-corrected chi connectivity index (χ0v) is 6.22. The topological polar surface area (TPSA) is 67.8 Å². The van der Waals surface area contributed by atoms with Crippen LogP contribution >= 0.6 is 0 Å². The second kappa shape index (κ2) is 2.10. The second-order valence-corrected chi connectivity index (χ2v) is 2.45. The summed E-state index contributed by atoms with van der Waals surface area (Å²) in [7, 11) is 0. The summed E-state index contributed by atoms with van der Waals surface area (Å²) in [5, 5.41) is 6.67. The van der Waals surface area contributed by atoms with E-state index in [0.29, 0.717) is 6.54 Å². The summed E-state index contributed by atoms with van der Waals surface area (Å²) in [6.07, 6.45) is 1.65. The Morgan fingerprint density at radius 1 is 1.73 bits per heavy atom. The van der Waals surface area contributed by atoms with Gasteiger partial charge in [-0.3, -0.25) is 5.10 Å². The van der Waals surface area contributed by atoms with Crippen molar-refractivity contribution in [2.45, 2.75) is 13.5 Å². The van der Waals surface area contributed by atoms with Gasteiger partial charge in [0.2, 0.25) is 0 Å². The molecular formula is C7H9N3O. The van der Waals surface area contributed by atoms with Gasteiger partial charge < -0.3 is 10.2 Å². The lowest BCUT2D eigenvalue weighted by atomic mass is 10.2. The summed E-state index contributed by atoms with van der Waals surface area (Å²) >= 11 is 0. The van der Waals surface area contributed by atoms with E-state index < -0.39 is 0 Å². The fourth-order valence-electron chi connectivity index (χ4n) is 1.22. The van der Waals surface area contributed by atoms with Crippen LogP contribution < -0.4 is 5.73 Å². The van der Waals surface area contributed by atoms with Crippen LogP contribution in [-0.2, 0) is 6.54 Å². The van der Waals surface area contributed by atoms with Gasteiger partial charge in [-0.1, -0.05) is 0 Å². The lowest BCUT2D eigenvalue weighted by Crippen LogP contribution is -1.96. The molecule has 4 heteroatoms. The third-order valence-corrected chi connectivity index (χ3v) is 1.80. The van der Waals surface area contributed by atoms with E-state index in [1.54, 1.807) is 6.20 Å². The Morgan fingerprint density at radius 3 is 3.27 bits per heavy atom. The maximum Gasteiger partial charge on any atom is 0.172 e. The summed E-state index contributed by atoms with van der Waals surface area (Å²) in [6.45, 7) is 2.39. The molecule has 2 rings (SSSR count). The SMILES string of the molecule is Cc1oc2cn[nH]c2c1CN. The Balaban J connectivity index is 2.80. The van der Waals surface area contributed by atoms with Crippen molar-refractivity contribution in [2.75, 3.05) is 0 Å². The van der Waals surface area contributed by atoms with Crippen molar-refractivity contribution in [3.05, 3.63) is 17.5 Å². The number of aromatic amines is 1. The molecule has 0 spiro atoms. The predicted octanol–water partition coefficient (Wildman–Crippen LogP) is 0.923. The summed E-state index contributed by atoms with van der Waals surface area (Å²) in [4.78, 5) is 0. The van der Waals surface area contributed by atoms with Gasteiger partial charge in [-0.15, -0.1) is 0 Å². The van der Waals surface area contributed by atoms with Crippen LogP contribution in [0.5, 0.6) is 0 Å². The van der Waals surface area contributed by atoms with Gasteiger partial charge in [0, 0.05) is 12.1 Å². The highest BCUT2D eigenvalue weighted by atomic mass is 16.3. The summed E-state index contributed by atoms with van der Waals surface area (Å²) in [5.41, 5.74) is 8.23. The second-order valence-electron chi connectivity index (χ2n) is 2.45. The minimum atomic E-state index is 0.487. The molecule has 0 aliphatic rings. The molecule has 11 heavy (non-hydrogen) atoms. The highest BCUT2D eigenvalue weighted by Crippen LogP contribution is 2.21. The third-order valence-electron chi connectivity index (χ3n) is 1.80. The molecule has 0 aliphatic heterocycles. The standard InChI is InChI=1S/C7H9N3O/c1-4-5(2-8)7-6(11-4)3-9-10-7/h3H,2,8H2,1H3,(H,9,10). The Hall–Kier alpha value is -1.29. The Kier molecular flexibility index (Phi) is 1.22. The summed E-state index contributed by atoms with van der Waals surface area (Å²) in [5.74, 6) is 0.871. The number of furan rings is 1. The minimum absolute atomic E-state index is 0.487. The first-order chi connectivity index (χ1) is 5.33. The number of fused-ring (bicyclic) bond motifs is 1. The molecule has 4 nitrogen and oxygen atoms in total. The van der Waals surface area contributed by atoms with Crippen LogP contribution in [0, 0.1) is 6.92 Å². The molecule has 0 bridgehead atoms. The van der Waals surface area contributed by atoms with Crippen molar-refractivity contribution in [1.82, 2.24) is 10.2 Å². The highest BCUT2D eigenvalue weighted by Gasteiger charge is 2.09. The molecule has 2 heterocycles. The van der Waals surface area contributed by atoms with Gasteiger partial charge in [-0.25, -0.2) is 0 Å². The molecule has 0 radical (unpaired) electrons. The van der Waals surface area contributed by atoms with E-state index >= 15 is 0 Å². The van der Waals surface area contributed by atoms with E-state index in [9.17, 15) is 0 Å². The van der Waals surface area contributed by atoms with E-state index in [1.807, 2.05) is 6.92 Å². The molecule has 3 N–H and O–H groups in total. The van der Waals surface area contributed by atoms with Crippen LogP contribution in [0.25, 0.3) is 11.1 Å². The normalized spacial score (nSPS) is 11.1. The monoisotopic (exact) mass is 151 g/mol. The largest absolute Gasteiger partial charge is 0.458 e. The van der Waals surface area contributed by atoms with E-state index in [0.717, 1.165) is 22.4 Å². The first kappa shape index (κ1) is 6.42. The van der Waals surface area contributed by atoms with Gasteiger partial charge in [0.05, 0.1) is 6.20 Å². The quantitative estimate of drug-likeness (QED) is 0.636. The first-order valence-corrected chi connectivity index (χ1v) is 3.44. The molecule has 2 aromatic rings. The molecule has 0 unspecified atom stereocenters. The van der Waals surface area contributed by atoms with Crippen molar-refractivity contribution >= 4 is 11.1 Å². The van der Waals surface area contributed by atoms with Crippen molar-refractivity contribution in [2.24, 2.45) is 5.73 Å². The number of aryl methyl sites for hydroxylation is 1. The van der Waals surface area contributed by atoms with E-state index in [1.165, 1.54) is 0 Å². The van der Waals surface area contributed by atoms with Crippen LogP contribution in [-0.4, -0.2) is 10.2 Å². The molecule has 58 valence electrons. The number of nitrogens with two attached hydrogens (primary N) is 1. The van der Waals surface area contributed by atoms with Crippen LogP contribution in [0.15, 0.2) is 10.6 Å². The lowest BCUT2D eigenvalue weighted by Gasteiger charge is -1.89. The first-order valence-electron chi connectivity index (χ1n) is 3.44. The minimum Gasteiger partial charge on any atom is -0.458 e. The number of hydrogen-bond acceptors (Lipinski definition) is 3. The Morgan fingerprint density at radius 2 is 2.55 bits per heavy atom. The number of nitrogens with one attached hydrogen (secondary N) is 1. The molecular weight excluding hydrogens is 142 g/mol. The smallest absolute Gasteiger partial charge is 0.172 e. The molecule has 0 saturated carbocycles. The van der Waals surface area contributed by atoms with Gasteiger partial charge in [0.25, 0.3) is 0 Å². The predicted molar refractivity (Wildman–Crippen MR) is 41.0 cm³/mol. The van der Waals surface area contributed by atoms with E-state index in [2.05, 4.69) is 10.2 Å². The fraction of sp³-hybridized carbons (Fsp3) is 0.286. The number of rotatable bonds is 1. The maximum absolute atomic E-state index is 5.51. The molecule has 0 aliphatic carbocycles. The van der Waals surface area contributed by atoms with Crippen molar-refractivity contribution in [3.8, 4) is 0 Å². The van der Waals surface area contributed by atoms with Crippen molar-refractivity contribution < 1.29 is 4.42 Å². The summed E-state index contributed by atoms with van der Waals surface area (Å²) < 4.78 is 5.36. The van der Waals surface area contributed by atoms with Crippen LogP contribution in [0.1, 0.15) is 11.3 Å². The zero-order chi connectivity index (χ0) is 7.84. The van der Waals surface area contributed by atoms with Crippen LogP contribution in [0.3, 0.4) is 0 Å². The molecule has 0 fully saturated rings. The maximum atomic E-state index is 5.51. The van der Waals surface area contributed by atoms with Gasteiger partial charge in [-0.05, 0) is 6.92 Å². The number of H-pyrrole nitrogens is 1. The molecule has 0 atom stereocenters. The number of hydrogen-bond donors (Lipinski definition) is 2. The van der Waals surface area contributed by atoms with Crippen LogP contribution in [0.2, 0.25) is 0 Å². The van der Waals surface area contributed by atoms with Crippen molar-refractivity contribution in [1.29, 1.82) is 0 Å². The summed E-state index contributed by atoms with van der Waals surface area (Å²) in [6, 6.07) is 0. The number of nitrogens with zero attached hydrogens (tertiary/aromatic N) is 1. The van der Waals surface area contributed by atoms with Gasteiger partial charge in [-0.2, -0.15) is 5.10 Å². The lowest BCUT2D eigenvalue weighted by molar-refractivity contribution is 0.571. The molecule has 2 aromatic heterocycles. The van der Waals surface area contributed by atoms with Gasteiger partial charge in [0.15, 0.2) is 5.58 Å². The number of aromatic nitrogens is 2. The third kappa shape index (κ3) is 0.760. The average molecular weight is 151 g/mol. The molecule has 0 saturated heterocycles. The van der Waals surface area contributed by atoms with Gasteiger partial charge in [0.1, 0.15) is 11.3 Å². The molecule has 0 amide bonds.